The minimum atomic E-state index is 0.177. The SMILES string of the molecule is CC1(C)CCCC1NC(=O)[C@@H]1CCC[C@@H]1CN. The summed E-state index contributed by atoms with van der Waals surface area (Å²) in [6, 6.07) is 0.369. The van der Waals surface area contributed by atoms with Crippen molar-refractivity contribution >= 4 is 5.91 Å². The molecule has 2 aliphatic carbocycles. The van der Waals surface area contributed by atoms with Crippen LogP contribution in [0.25, 0.3) is 0 Å². The summed E-state index contributed by atoms with van der Waals surface area (Å²) in [5, 5.41) is 3.28. The average Bonchev–Trinajstić information content (AvgIpc) is 2.85. The number of amides is 1. The van der Waals surface area contributed by atoms with Gasteiger partial charge in [-0.25, -0.2) is 0 Å². The van der Waals surface area contributed by atoms with E-state index in [9.17, 15) is 4.79 Å². The highest BCUT2D eigenvalue weighted by Gasteiger charge is 2.38. The molecule has 3 heteroatoms. The van der Waals surface area contributed by atoms with E-state index in [0.29, 0.717) is 18.5 Å². The van der Waals surface area contributed by atoms with E-state index in [-0.39, 0.29) is 17.2 Å². The van der Waals surface area contributed by atoms with Gasteiger partial charge in [0.05, 0.1) is 0 Å². The Balaban J connectivity index is 1.93. The van der Waals surface area contributed by atoms with Crippen LogP contribution < -0.4 is 11.1 Å². The normalized spacial score (nSPS) is 36.1. The molecule has 0 bridgehead atoms. The van der Waals surface area contributed by atoms with Gasteiger partial charge in [0.2, 0.25) is 5.91 Å². The third-order valence-corrected chi connectivity index (χ3v) is 4.87. The van der Waals surface area contributed by atoms with Crippen molar-refractivity contribution in [3.8, 4) is 0 Å². The summed E-state index contributed by atoms with van der Waals surface area (Å²) in [6.45, 7) is 5.19. The Labute approximate surface area is 105 Å². The summed E-state index contributed by atoms with van der Waals surface area (Å²) in [6.07, 6.45) is 6.92. The standard InChI is InChI=1S/C14H26N2O/c1-14(2)8-4-7-12(14)16-13(17)11-6-3-5-10(11)9-15/h10-12H,3-9,15H2,1-2H3,(H,16,17)/t10-,11-,12?/m1/s1. The van der Waals surface area contributed by atoms with Gasteiger partial charge in [0.25, 0.3) is 0 Å². The maximum absolute atomic E-state index is 12.3. The molecule has 0 saturated heterocycles. The summed E-state index contributed by atoms with van der Waals surface area (Å²) in [7, 11) is 0. The summed E-state index contributed by atoms with van der Waals surface area (Å²) in [5.74, 6) is 0.855. The first-order chi connectivity index (χ1) is 8.04. The van der Waals surface area contributed by atoms with Crippen molar-refractivity contribution < 1.29 is 4.79 Å². The minimum absolute atomic E-state index is 0.177. The van der Waals surface area contributed by atoms with Crippen molar-refractivity contribution in [2.24, 2.45) is 23.0 Å². The fourth-order valence-corrected chi connectivity index (χ4v) is 3.54. The van der Waals surface area contributed by atoms with Gasteiger partial charge < -0.3 is 11.1 Å². The number of nitrogens with two attached hydrogens (primary N) is 1. The van der Waals surface area contributed by atoms with Gasteiger partial charge in [0.15, 0.2) is 0 Å². The van der Waals surface area contributed by atoms with E-state index in [1.165, 1.54) is 12.8 Å². The molecule has 3 nitrogen and oxygen atoms in total. The van der Waals surface area contributed by atoms with Crippen molar-refractivity contribution in [3.05, 3.63) is 0 Å². The Morgan fingerprint density at radius 1 is 1.29 bits per heavy atom. The van der Waals surface area contributed by atoms with Crippen LogP contribution in [0.5, 0.6) is 0 Å². The summed E-state index contributed by atoms with van der Waals surface area (Å²) >= 11 is 0. The summed E-state index contributed by atoms with van der Waals surface area (Å²) in [5.41, 5.74) is 6.01. The Morgan fingerprint density at radius 3 is 2.65 bits per heavy atom. The third-order valence-electron chi connectivity index (χ3n) is 4.87. The lowest BCUT2D eigenvalue weighted by Crippen LogP contribution is -2.45. The van der Waals surface area contributed by atoms with Gasteiger partial charge >= 0.3 is 0 Å². The molecule has 98 valence electrons. The Kier molecular flexibility index (Phi) is 3.76. The predicted molar refractivity (Wildman–Crippen MR) is 69.4 cm³/mol. The smallest absolute Gasteiger partial charge is 0.223 e. The van der Waals surface area contributed by atoms with Gasteiger partial charge in [0, 0.05) is 12.0 Å². The lowest BCUT2D eigenvalue weighted by molar-refractivity contribution is -0.127. The molecule has 0 spiro atoms. The van der Waals surface area contributed by atoms with Crippen LogP contribution >= 0.6 is 0 Å². The second-order valence-corrected chi connectivity index (χ2v) is 6.48. The molecule has 1 amide bonds. The van der Waals surface area contributed by atoms with Crippen LogP contribution in [0.4, 0.5) is 0 Å². The maximum atomic E-state index is 12.3. The van der Waals surface area contributed by atoms with Crippen LogP contribution in [-0.2, 0) is 4.79 Å². The first-order valence-corrected chi connectivity index (χ1v) is 7.05. The van der Waals surface area contributed by atoms with Crippen molar-refractivity contribution in [3.63, 3.8) is 0 Å². The van der Waals surface area contributed by atoms with Crippen LogP contribution in [0.1, 0.15) is 52.4 Å². The second kappa shape index (κ2) is 4.97. The molecule has 0 aromatic carbocycles. The van der Waals surface area contributed by atoms with Crippen LogP contribution in [0, 0.1) is 17.3 Å². The van der Waals surface area contributed by atoms with Gasteiger partial charge in [0.1, 0.15) is 0 Å². The van der Waals surface area contributed by atoms with E-state index in [2.05, 4.69) is 19.2 Å². The molecule has 0 radical (unpaired) electrons. The first-order valence-electron chi connectivity index (χ1n) is 7.05. The zero-order valence-corrected chi connectivity index (χ0v) is 11.2. The minimum Gasteiger partial charge on any atom is -0.353 e. The van der Waals surface area contributed by atoms with Crippen LogP contribution in [0.15, 0.2) is 0 Å². The van der Waals surface area contributed by atoms with Crippen LogP contribution in [-0.4, -0.2) is 18.5 Å². The van der Waals surface area contributed by atoms with E-state index in [0.717, 1.165) is 25.7 Å². The average molecular weight is 238 g/mol. The van der Waals surface area contributed by atoms with E-state index < -0.39 is 0 Å². The van der Waals surface area contributed by atoms with Crippen LogP contribution in [0.3, 0.4) is 0 Å². The highest BCUT2D eigenvalue weighted by molar-refractivity contribution is 5.79. The number of carbonyl (C=O) groups is 1. The van der Waals surface area contributed by atoms with Crippen LogP contribution in [0.2, 0.25) is 0 Å². The molecule has 2 fully saturated rings. The molecule has 1 unspecified atom stereocenters. The van der Waals surface area contributed by atoms with Gasteiger partial charge in [-0.15, -0.1) is 0 Å². The van der Waals surface area contributed by atoms with Crippen molar-refractivity contribution in [2.75, 3.05) is 6.54 Å². The van der Waals surface area contributed by atoms with E-state index in [1.54, 1.807) is 0 Å². The fourth-order valence-electron chi connectivity index (χ4n) is 3.54. The second-order valence-electron chi connectivity index (χ2n) is 6.48. The van der Waals surface area contributed by atoms with Crippen molar-refractivity contribution in [1.29, 1.82) is 0 Å². The molecule has 3 atom stereocenters. The zero-order valence-electron chi connectivity index (χ0n) is 11.2. The monoisotopic (exact) mass is 238 g/mol. The molecular weight excluding hydrogens is 212 g/mol. The third kappa shape index (κ3) is 2.65. The van der Waals surface area contributed by atoms with Gasteiger partial charge in [-0.05, 0) is 43.6 Å². The Bertz CT molecular complexity index is 288. The number of carbonyl (C=O) groups excluding carboxylic acids is 1. The fraction of sp³-hybridized carbons (Fsp3) is 0.929. The Morgan fingerprint density at radius 2 is 2.06 bits per heavy atom. The lowest BCUT2D eigenvalue weighted by Gasteiger charge is -2.29. The number of nitrogens with one attached hydrogen (secondary N) is 1. The number of hydrogen-bond acceptors (Lipinski definition) is 2. The molecule has 0 aliphatic heterocycles. The van der Waals surface area contributed by atoms with Gasteiger partial charge in [-0.3, -0.25) is 4.79 Å². The maximum Gasteiger partial charge on any atom is 0.223 e. The quantitative estimate of drug-likeness (QED) is 0.790. The zero-order chi connectivity index (χ0) is 12.5. The van der Waals surface area contributed by atoms with Gasteiger partial charge in [-0.1, -0.05) is 26.7 Å². The van der Waals surface area contributed by atoms with Gasteiger partial charge in [-0.2, -0.15) is 0 Å². The summed E-state index contributed by atoms with van der Waals surface area (Å²) < 4.78 is 0. The van der Waals surface area contributed by atoms with Crippen molar-refractivity contribution in [1.82, 2.24) is 5.32 Å². The molecule has 17 heavy (non-hydrogen) atoms. The molecule has 2 rings (SSSR count). The van der Waals surface area contributed by atoms with E-state index in [4.69, 9.17) is 5.73 Å². The molecule has 0 heterocycles. The van der Waals surface area contributed by atoms with E-state index in [1.807, 2.05) is 0 Å². The molecule has 3 N–H and O–H groups in total. The molecule has 2 aliphatic rings. The largest absolute Gasteiger partial charge is 0.353 e. The molecule has 2 saturated carbocycles. The molecule has 0 aromatic heterocycles. The number of hydrogen-bond donors (Lipinski definition) is 2. The van der Waals surface area contributed by atoms with Crippen molar-refractivity contribution in [2.45, 2.75) is 58.4 Å². The lowest BCUT2D eigenvalue weighted by atomic mass is 9.86. The first kappa shape index (κ1) is 12.9. The molecular formula is C14H26N2O. The predicted octanol–water partition coefficient (Wildman–Crippen LogP) is 2.06. The number of rotatable bonds is 3. The molecule has 0 aromatic rings. The highest BCUT2D eigenvalue weighted by atomic mass is 16.2. The topological polar surface area (TPSA) is 55.1 Å². The highest BCUT2D eigenvalue weighted by Crippen LogP contribution is 2.38. The Hall–Kier alpha value is -0.570. The van der Waals surface area contributed by atoms with E-state index >= 15 is 0 Å². The summed E-state index contributed by atoms with van der Waals surface area (Å²) in [4.78, 5) is 12.3.